The third-order valence-electron chi connectivity index (χ3n) is 4.96. The molecule has 30 heavy (non-hydrogen) atoms. The number of allylic oxidation sites excluding steroid dienone is 1. The number of aromatic nitrogens is 2. The van der Waals surface area contributed by atoms with Crippen molar-refractivity contribution < 1.29 is 13.9 Å². The van der Waals surface area contributed by atoms with Crippen LogP contribution in [-0.2, 0) is 24.2 Å². The molecule has 0 radical (unpaired) electrons. The van der Waals surface area contributed by atoms with Crippen molar-refractivity contribution in [3.8, 4) is 5.75 Å². The molecule has 8 heteroatoms. The van der Waals surface area contributed by atoms with Gasteiger partial charge in [0.15, 0.2) is 6.61 Å². The maximum atomic E-state index is 13.3. The summed E-state index contributed by atoms with van der Waals surface area (Å²) >= 11 is 5.73. The van der Waals surface area contributed by atoms with E-state index >= 15 is 0 Å². The number of anilines is 1. The summed E-state index contributed by atoms with van der Waals surface area (Å²) in [4.78, 5) is 29.9. The lowest BCUT2D eigenvalue weighted by atomic mass is 10.0. The second-order valence-electron chi connectivity index (χ2n) is 6.98. The molecule has 154 valence electrons. The minimum atomic E-state index is -0.567. The quantitative estimate of drug-likeness (QED) is 0.606. The maximum Gasteiger partial charge on any atom is 0.262 e. The maximum absolute atomic E-state index is 13.3. The van der Waals surface area contributed by atoms with Crippen LogP contribution in [0.3, 0.4) is 0 Å². The van der Waals surface area contributed by atoms with E-state index in [4.69, 9.17) is 16.3 Å². The van der Waals surface area contributed by atoms with Crippen LogP contribution in [0.2, 0.25) is 5.02 Å². The number of ether oxygens (including phenoxy) is 1. The lowest BCUT2D eigenvalue weighted by molar-refractivity contribution is -0.118. The van der Waals surface area contributed by atoms with Gasteiger partial charge in [0.1, 0.15) is 17.4 Å². The number of carbonyl (C=O) groups is 1. The number of rotatable bonds is 6. The van der Waals surface area contributed by atoms with E-state index in [1.165, 1.54) is 18.2 Å². The first-order valence-corrected chi connectivity index (χ1v) is 9.89. The molecule has 2 heterocycles. The molecule has 1 aliphatic heterocycles. The number of nitrogens with zero attached hydrogens (tertiary/aromatic N) is 2. The van der Waals surface area contributed by atoms with Gasteiger partial charge in [0.25, 0.3) is 11.5 Å². The van der Waals surface area contributed by atoms with Crippen LogP contribution in [0.1, 0.15) is 17.8 Å². The fourth-order valence-electron chi connectivity index (χ4n) is 3.61. The summed E-state index contributed by atoms with van der Waals surface area (Å²) in [7, 11) is 0. The van der Waals surface area contributed by atoms with Crippen molar-refractivity contribution in [2.45, 2.75) is 25.8 Å². The Balaban J connectivity index is 1.60. The van der Waals surface area contributed by atoms with Crippen LogP contribution in [0.4, 0.5) is 10.1 Å². The van der Waals surface area contributed by atoms with Crippen molar-refractivity contribution in [2.24, 2.45) is 0 Å². The van der Waals surface area contributed by atoms with Crippen molar-refractivity contribution in [1.29, 1.82) is 0 Å². The fraction of sp³-hybridized carbons (Fsp3) is 0.227. The Hall–Kier alpha value is -3.19. The van der Waals surface area contributed by atoms with Gasteiger partial charge >= 0.3 is 0 Å². The van der Waals surface area contributed by atoms with Crippen LogP contribution in [-0.4, -0.2) is 22.1 Å². The number of carbonyl (C=O) groups excluding carboxylic acids is 1. The summed E-state index contributed by atoms with van der Waals surface area (Å²) in [6.45, 7) is 4.13. The Morgan fingerprint density at radius 1 is 1.37 bits per heavy atom. The Kier molecular flexibility index (Phi) is 5.55. The molecule has 4 rings (SSSR count). The molecule has 0 saturated heterocycles. The van der Waals surface area contributed by atoms with Crippen molar-refractivity contribution in [2.75, 3.05) is 11.9 Å². The van der Waals surface area contributed by atoms with Crippen molar-refractivity contribution >= 4 is 34.1 Å². The zero-order chi connectivity index (χ0) is 21.3. The Morgan fingerprint density at radius 3 is 2.97 bits per heavy atom. The topological polar surface area (TPSA) is 73.2 Å². The van der Waals surface area contributed by atoms with Gasteiger partial charge in [0, 0.05) is 24.2 Å². The number of hydrogen-bond donors (Lipinski definition) is 1. The fourth-order valence-corrected chi connectivity index (χ4v) is 3.79. The lowest BCUT2D eigenvalue weighted by Crippen LogP contribution is -2.23. The standard InChI is InChI=1S/C22H19ClFN3O3/c1-2-4-14-18(30-12-20(28)25-13-6-7-16(24)15(23)11-13)9-8-17-21(14)22(29)27-10-3-5-19(27)26-17/h2,6-9,11H,1,3-5,10,12H2,(H,25,28). The monoisotopic (exact) mass is 427 g/mol. The van der Waals surface area contributed by atoms with E-state index in [2.05, 4.69) is 16.9 Å². The summed E-state index contributed by atoms with van der Waals surface area (Å²) < 4.78 is 20.7. The zero-order valence-corrected chi connectivity index (χ0v) is 16.8. The van der Waals surface area contributed by atoms with Crippen LogP contribution < -0.4 is 15.6 Å². The molecule has 0 bridgehead atoms. The van der Waals surface area contributed by atoms with Crippen molar-refractivity contribution in [1.82, 2.24) is 9.55 Å². The second kappa shape index (κ2) is 8.28. The third kappa shape index (κ3) is 3.80. The van der Waals surface area contributed by atoms with Crippen LogP contribution in [0.15, 0.2) is 47.8 Å². The Labute approximate surface area is 176 Å². The average Bonchev–Trinajstić information content (AvgIpc) is 3.19. The van der Waals surface area contributed by atoms with Crippen molar-refractivity contribution in [3.63, 3.8) is 0 Å². The summed E-state index contributed by atoms with van der Waals surface area (Å²) in [5.41, 5.74) is 1.53. The predicted octanol–water partition coefficient (Wildman–Crippen LogP) is 3.88. The smallest absolute Gasteiger partial charge is 0.262 e. The molecule has 0 unspecified atom stereocenters. The Bertz CT molecular complexity index is 1220. The van der Waals surface area contributed by atoms with Crippen LogP contribution in [0.25, 0.3) is 10.9 Å². The molecule has 3 aromatic rings. The first-order valence-electron chi connectivity index (χ1n) is 9.52. The van der Waals surface area contributed by atoms with Gasteiger partial charge in [-0.05, 0) is 43.2 Å². The molecule has 0 fully saturated rings. The normalized spacial score (nSPS) is 12.6. The average molecular weight is 428 g/mol. The van der Waals surface area contributed by atoms with E-state index in [1.807, 2.05) is 0 Å². The van der Waals surface area contributed by atoms with Crippen molar-refractivity contribution in [3.05, 3.63) is 75.6 Å². The zero-order valence-electron chi connectivity index (χ0n) is 16.1. The van der Waals surface area contributed by atoms with E-state index in [-0.39, 0.29) is 17.2 Å². The van der Waals surface area contributed by atoms with E-state index in [0.717, 1.165) is 18.7 Å². The SMILES string of the molecule is C=CCc1c(OCC(=O)Nc2ccc(F)c(Cl)c2)ccc2nc3n(c(=O)c12)CCC3. The van der Waals surface area contributed by atoms with Gasteiger partial charge in [-0.2, -0.15) is 0 Å². The highest BCUT2D eigenvalue weighted by Gasteiger charge is 2.20. The summed E-state index contributed by atoms with van der Waals surface area (Å²) in [5.74, 6) is 0.212. The number of halogens is 2. The number of amides is 1. The number of aryl methyl sites for hydroxylation is 1. The van der Waals surface area contributed by atoms with Gasteiger partial charge < -0.3 is 10.1 Å². The highest BCUT2D eigenvalue weighted by molar-refractivity contribution is 6.31. The summed E-state index contributed by atoms with van der Waals surface area (Å²) in [5, 5.41) is 3.00. The first kappa shape index (κ1) is 20.1. The van der Waals surface area contributed by atoms with Crippen LogP contribution in [0.5, 0.6) is 5.75 Å². The highest BCUT2D eigenvalue weighted by Crippen LogP contribution is 2.27. The molecular weight excluding hydrogens is 409 g/mol. The molecule has 0 spiro atoms. The van der Waals surface area contributed by atoms with E-state index in [9.17, 15) is 14.0 Å². The second-order valence-corrected chi connectivity index (χ2v) is 7.39. The largest absolute Gasteiger partial charge is 0.483 e. The predicted molar refractivity (Wildman–Crippen MR) is 114 cm³/mol. The number of nitrogens with one attached hydrogen (secondary N) is 1. The van der Waals surface area contributed by atoms with Gasteiger partial charge in [0.05, 0.1) is 15.9 Å². The van der Waals surface area contributed by atoms with Gasteiger partial charge in [-0.1, -0.05) is 17.7 Å². The molecule has 0 atom stereocenters. The van der Waals surface area contributed by atoms with Gasteiger partial charge in [0.2, 0.25) is 0 Å². The molecule has 0 aliphatic carbocycles. The summed E-state index contributed by atoms with van der Waals surface area (Å²) in [6.07, 6.45) is 3.76. The van der Waals surface area contributed by atoms with E-state index in [1.54, 1.807) is 22.8 Å². The minimum Gasteiger partial charge on any atom is -0.483 e. The number of fused-ring (bicyclic) bond motifs is 2. The van der Waals surface area contributed by atoms with Gasteiger partial charge in [-0.25, -0.2) is 9.37 Å². The molecule has 0 saturated carbocycles. The highest BCUT2D eigenvalue weighted by atomic mass is 35.5. The summed E-state index contributed by atoms with van der Waals surface area (Å²) in [6, 6.07) is 7.34. The molecule has 1 aliphatic rings. The molecule has 1 amide bonds. The van der Waals surface area contributed by atoms with Gasteiger partial charge in [-0.15, -0.1) is 6.58 Å². The molecule has 6 nitrogen and oxygen atoms in total. The molecule has 1 aromatic heterocycles. The first-order chi connectivity index (χ1) is 14.5. The Morgan fingerprint density at radius 2 is 2.20 bits per heavy atom. The third-order valence-corrected chi connectivity index (χ3v) is 5.25. The molecule has 1 N–H and O–H groups in total. The number of benzene rings is 2. The van der Waals surface area contributed by atoms with E-state index < -0.39 is 11.7 Å². The molecular formula is C22H19ClFN3O3. The van der Waals surface area contributed by atoms with Crippen LogP contribution >= 0.6 is 11.6 Å². The lowest BCUT2D eigenvalue weighted by Gasteiger charge is -2.14. The van der Waals surface area contributed by atoms with Crippen LogP contribution in [0, 0.1) is 5.82 Å². The van der Waals surface area contributed by atoms with E-state index in [0.29, 0.717) is 40.9 Å². The number of hydrogen-bond acceptors (Lipinski definition) is 4. The molecule has 2 aromatic carbocycles. The minimum absolute atomic E-state index is 0.0861. The van der Waals surface area contributed by atoms with Gasteiger partial charge in [-0.3, -0.25) is 14.2 Å².